The molecule has 0 aliphatic carbocycles. The summed E-state index contributed by atoms with van der Waals surface area (Å²) in [6.07, 6.45) is 0.816. The molecule has 0 saturated heterocycles. The highest BCUT2D eigenvalue weighted by molar-refractivity contribution is 5.77. The third kappa shape index (κ3) is 3.84. The average molecular weight is 229 g/mol. The van der Waals surface area contributed by atoms with Crippen molar-refractivity contribution in [1.82, 2.24) is 5.32 Å². The fourth-order valence-electron chi connectivity index (χ4n) is 1.05. The molecule has 0 aliphatic heterocycles. The van der Waals surface area contributed by atoms with Gasteiger partial charge in [-0.3, -0.25) is 4.79 Å². The zero-order valence-corrected chi connectivity index (χ0v) is 8.93. The summed E-state index contributed by atoms with van der Waals surface area (Å²) in [5.41, 5.74) is 0. The molecule has 88 valence electrons. The summed E-state index contributed by atoms with van der Waals surface area (Å²) in [5, 5.41) is 2.57. The Labute approximate surface area is 92.4 Å². The summed E-state index contributed by atoms with van der Waals surface area (Å²) in [4.78, 5) is 11.1. The van der Waals surface area contributed by atoms with Crippen LogP contribution >= 0.6 is 0 Å². The molecule has 1 N–H and O–H groups in total. The Balaban J connectivity index is 2.45. The molecule has 1 aromatic rings. The van der Waals surface area contributed by atoms with Gasteiger partial charge in [-0.25, -0.2) is 8.78 Å². The number of carbonyl (C=O) groups is 1. The minimum Gasteiger partial charge on any atom is -0.481 e. The smallest absolute Gasteiger partial charge is 0.257 e. The first kappa shape index (κ1) is 12.4. The Bertz CT molecular complexity index is 369. The molecule has 16 heavy (non-hydrogen) atoms. The lowest BCUT2D eigenvalue weighted by Gasteiger charge is -2.07. The number of carbonyl (C=O) groups excluding carboxylic acids is 1. The molecular weight excluding hydrogens is 216 g/mol. The number of benzene rings is 1. The maximum Gasteiger partial charge on any atom is 0.257 e. The fourth-order valence-corrected chi connectivity index (χ4v) is 1.05. The van der Waals surface area contributed by atoms with Gasteiger partial charge in [-0.05, 0) is 18.6 Å². The van der Waals surface area contributed by atoms with Gasteiger partial charge in [0.15, 0.2) is 18.2 Å². The highest BCUT2D eigenvalue weighted by atomic mass is 19.1. The van der Waals surface area contributed by atoms with Crippen LogP contribution in [0.15, 0.2) is 18.2 Å². The molecule has 0 fully saturated rings. The van der Waals surface area contributed by atoms with Crippen LogP contribution in [0.2, 0.25) is 0 Å². The highest BCUT2D eigenvalue weighted by Gasteiger charge is 2.07. The van der Waals surface area contributed by atoms with Crippen molar-refractivity contribution in [2.45, 2.75) is 13.3 Å². The van der Waals surface area contributed by atoms with Crippen LogP contribution in [0.5, 0.6) is 5.75 Å². The van der Waals surface area contributed by atoms with E-state index in [0.29, 0.717) is 12.6 Å². The number of halogens is 2. The number of nitrogens with one attached hydrogen (secondary N) is 1. The lowest BCUT2D eigenvalue weighted by molar-refractivity contribution is -0.123. The third-order valence-electron chi connectivity index (χ3n) is 1.82. The van der Waals surface area contributed by atoms with Crippen molar-refractivity contribution in [2.75, 3.05) is 13.2 Å². The van der Waals surface area contributed by atoms with Crippen LogP contribution in [-0.4, -0.2) is 19.1 Å². The first-order valence-electron chi connectivity index (χ1n) is 4.98. The van der Waals surface area contributed by atoms with Gasteiger partial charge in [0.2, 0.25) is 0 Å². The molecule has 0 radical (unpaired) electrons. The van der Waals surface area contributed by atoms with E-state index in [2.05, 4.69) is 5.32 Å². The van der Waals surface area contributed by atoms with Crippen LogP contribution in [0.4, 0.5) is 8.78 Å². The predicted molar refractivity (Wildman–Crippen MR) is 55.2 cm³/mol. The summed E-state index contributed by atoms with van der Waals surface area (Å²) >= 11 is 0. The van der Waals surface area contributed by atoms with Crippen LogP contribution < -0.4 is 10.1 Å². The van der Waals surface area contributed by atoms with E-state index in [1.54, 1.807) is 0 Å². The third-order valence-corrected chi connectivity index (χ3v) is 1.82. The van der Waals surface area contributed by atoms with E-state index in [4.69, 9.17) is 4.74 Å². The first-order chi connectivity index (χ1) is 7.63. The van der Waals surface area contributed by atoms with Gasteiger partial charge < -0.3 is 10.1 Å². The lowest BCUT2D eigenvalue weighted by atomic mass is 10.3. The molecular formula is C11H13F2NO2. The molecule has 0 bridgehead atoms. The molecule has 1 amide bonds. The predicted octanol–water partition coefficient (Wildman–Crippen LogP) is 1.87. The van der Waals surface area contributed by atoms with Gasteiger partial charge in [-0.15, -0.1) is 0 Å². The van der Waals surface area contributed by atoms with Gasteiger partial charge >= 0.3 is 0 Å². The second-order valence-electron chi connectivity index (χ2n) is 3.21. The standard InChI is InChI=1S/C11H13F2NO2/c1-2-5-14-11(15)7-16-10-4-3-8(12)6-9(10)13/h3-4,6H,2,5,7H2,1H3,(H,14,15). The maximum absolute atomic E-state index is 13.1. The molecule has 1 rings (SSSR count). The summed E-state index contributed by atoms with van der Waals surface area (Å²) in [6, 6.07) is 2.93. The molecule has 0 unspecified atom stereocenters. The van der Waals surface area contributed by atoms with Crippen LogP contribution in [0, 0.1) is 11.6 Å². The SMILES string of the molecule is CCCNC(=O)COc1ccc(F)cc1F. The minimum atomic E-state index is -0.816. The van der Waals surface area contributed by atoms with Crippen molar-refractivity contribution in [2.24, 2.45) is 0 Å². The zero-order valence-electron chi connectivity index (χ0n) is 8.93. The Morgan fingerprint density at radius 2 is 2.19 bits per heavy atom. The van der Waals surface area contributed by atoms with Crippen LogP contribution in [-0.2, 0) is 4.79 Å². The fraction of sp³-hybridized carbons (Fsp3) is 0.364. The number of rotatable bonds is 5. The Kier molecular flexibility index (Phi) is 4.69. The quantitative estimate of drug-likeness (QED) is 0.837. The second kappa shape index (κ2) is 6.05. The van der Waals surface area contributed by atoms with Crippen molar-refractivity contribution in [1.29, 1.82) is 0 Å². The van der Waals surface area contributed by atoms with E-state index in [9.17, 15) is 13.6 Å². The molecule has 0 spiro atoms. The van der Waals surface area contributed by atoms with Gasteiger partial charge in [0.05, 0.1) is 0 Å². The van der Waals surface area contributed by atoms with Crippen molar-refractivity contribution in [3.63, 3.8) is 0 Å². The first-order valence-corrected chi connectivity index (χ1v) is 4.98. The molecule has 5 heteroatoms. The molecule has 3 nitrogen and oxygen atoms in total. The normalized spacial score (nSPS) is 9.94. The summed E-state index contributed by atoms with van der Waals surface area (Å²) in [6.45, 7) is 2.19. The van der Waals surface area contributed by atoms with E-state index >= 15 is 0 Å². The van der Waals surface area contributed by atoms with Crippen LogP contribution in [0.3, 0.4) is 0 Å². The van der Waals surface area contributed by atoms with Gasteiger partial charge in [-0.2, -0.15) is 0 Å². The van der Waals surface area contributed by atoms with Gasteiger partial charge in [0.1, 0.15) is 5.82 Å². The molecule has 1 aromatic carbocycles. The Morgan fingerprint density at radius 1 is 1.44 bits per heavy atom. The van der Waals surface area contributed by atoms with Crippen LogP contribution in [0.25, 0.3) is 0 Å². The number of hydrogen-bond acceptors (Lipinski definition) is 2. The van der Waals surface area contributed by atoms with Gasteiger partial charge in [0.25, 0.3) is 5.91 Å². The number of hydrogen-bond donors (Lipinski definition) is 1. The van der Waals surface area contributed by atoms with E-state index in [1.807, 2.05) is 6.92 Å². The molecule has 0 aromatic heterocycles. The zero-order chi connectivity index (χ0) is 12.0. The monoisotopic (exact) mass is 229 g/mol. The lowest BCUT2D eigenvalue weighted by Crippen LogP contribution is -2.29. The molecule has 0 heterocycles. The van der Waals surface area contributed by atoms with Gasteiger partial charge in [0, 0.05) is 12.6 Å². The molecule has 0 saturated carbocycles. The molecule has 0 aliphatic rings. The summed E-state index contributed by atoms with van der Waals surface area (Å²) in [7, 11) is 0. The Hall–Kier alpha value is -1.65. The Morgan fingerprint density at radius 3 is 2.81 bits per heavy atom. The van der Waals surface area contributed by atoms with E-state index in [-0.39, 0.29) is 18.3 Å². The van der Waals surface area contributed by atoms with E-state index < -0.39 is 11.6 Å². The van der Waals surface area contributed by atoms with E-state index in [0.717, 1.165) is 18.6 Å². The van der Waals surface area contributed by atoms with Crippen molar-refractivity contribution in [3.05, 3.63) is 29.8 Å². The minimum absolute atomic E-state index is 0.131. The topological polar surface area (TPSA) is 38.3 Å². The van der Waals surface area contributed by atoms with Crippen LogP contribution in [0.1, 0.15) is 13.3 Å². The molecule has 0 atom stereocenters. The second-order valence-corrected chi connectivity index (χ2v) is 3.21. The van der Waals surface area contributed by atoms with E-state index in [1.165, 1.54) is 0 Å². The maximum atomic E-state index is 13.1. The summed E-state index contributed by atoms with van der Waals surface area (Å²) < 4.78 is 30.5. The summed E-state index contributed by atoms with van der Waals surface area (Å²) in [5.74, 6) is -1.96. The highest BCUT2D eigenvalue weighted by Crippen LogP contribution is 2.17. The van der Waals surface area contributed by atoms with Crippen molar-refractivity contribution < 1.29 is 18.3 Å². The number of amides is 1. The van der Waals surface area contributed by atoms with Crippen molar-refractivity contribution in [3.8, 4) is 5.75 Å². The average Bonchev–Trinajstić information content (AvgIpc) is 2.25. The van der Waals surface area contributed by atoms with Crippen molar-refractivity contribution >= 4 is 5.91 Å². The largest absolute Gasteiger partial charge is 0.481 e. The van der Waals surface area contributed by atoms with Gasteiger partial charge in [-0.1, -0.05) is 6.92 Å². The number of ether oxygens (including phenoxy) is 1.